The minimum Gasteiger partial charge on any atom is -0.468 e. The fourth-order valence-electron chi connectivity index (χ4n) is 5.99. The largest absolute Gasteiger partial charge is 0.468 e. The summed E-state index contributed by atoms with van der Waals surface area (Å²) in [7, 11) is 2.63. The van der Waals surface area contributed by atoms with E-state index in [0.29, 0.717) is 11.1 Å². The Hall–Kier alpha value is -4.70. The molecule has 0 aromatic heterocycles. The van der Waals surface area contributed by atoms with Gasteiger partial charge in [0.25, 0.3) is 0 Å². The minimum atomic E-state index is -1.81. The van der Waals surface area contributed by atoms with E-state index < -0.39 is 17.4 Å². The van der Waals surface area contributed by atoms with Crippen LogP contribution >= 0.6 is 0 Å². The molecule has 0 saturated carbocycles. The molecule has 2 aliphatic rings. The van der Waals surface area contributed by atoms with E-state index in [-0.39, 0.29) is 0 Å². The Morgan fingerprint density at radius 3 is 1.68 bits per heavy atom. The van der Waals surface area contributed by atoms with Crippen LogP contribution in [-0.4, -0.2) is 26.2 Å². The van der Waals surface area contributed by atoms with Gasteiger partial charge in [0.1, 0.15) is 0 Å². The standard InChI is InChI=1S/C34H26O4/c1-21-17-19-23(20-18-21)31-30-25-14-8-7-13-24(25)28(22-11-5-4-6-12-22)29(30)26-15-9-10-16-27(26)34(31,32(35)37-2)33(36)38-3/h4-20H,1-3H3. The summed E-state index contributed by atoms with van der Waals surface area (Å²) in [6.45, 7) is 2.01. The first-order valence-electron chi connectivity index (χ1n) is 12.5. The zero-order chi connectivity index (χ0) is 26.4. The number of hydrogen-bond acceptors (Lipinski definition) is 4. The third kappa shape index (κ3) is 3.16. The summed E-state index contributed by atoms with van der Waals surface area (Å²) >= 11 is 0. The quantitative estimate of drug-likeness (QED) is 0.239. The molecule has 0 radical (unpaired) electrons. The molecule has 2 aliphatic carbocycles. The molecule has 4 aromatic rings. The minimum absolute atomic E-state index is 0.550. The fraction of sp³-hybridized carbons (Fsp3) is 0.118. The molecule has 0 bridgehead atoms. The molecule has 0 fully saturated rings. The second kappa shape index (κ2) is 9.00. The highest BCUT2D eigenvalue weighted by atomic mass is 16.5. The van der Waals surface area contributed by atoms with E-state index in [4.69, 9.17) is 9.47 Å². The van der Waals surface area contributed by atoms with Gasteiger partial charge in [-0.05, 0) is 57.0 Å². The van der Waals surface area contributed by atoms with E-state index >= 15 is 0 Å². The molecule has 0 atom stereocenters. The number of methoxy groups -OCH3 is 2. The van der Waals surface area contributed by atoms with Crippen LogP contribution in [0.4, 0.5) is 0 Å². The van der Waals surface area contributed by atoms with Crippen molar-refractivity contribution in [2.24, 2.45) is 0 Å². The summed E-state index contributed by atoms with van der Waals surface area (Å²) in [6.07, 6.45) is 0. The van der Waals surface area contributed by atoms with Gasteiger partial charge in [0.2, 0.25) is 5.41 Å². The van der Waals surface area contributed by atoms with Gasteiger partial charge >= 0.3 is 11.9 Å². The van der Waals surface area contributed by atoms with Gasteiger partial charge in [0, 0.05) is 5.57 Å². The van der Waals surface area contributed by atoms with Gasteiger partial charge in [-0.15, -0.1) is 0 Å². The molecular formula is C34H26O4. The second-order valence-electron chi connectivity index (χ2n) is 9.56. The molecule has 4 aromatic carbocycles. The lowest BCUT2D eigenvalue weighted by atomic mass is 9.62. The van der Waals surface area contributed by atoms with E-state index in [2.05, 4.69) is 24.3 Å². The monoisotopic (exact) mass is 498 g/mol. The molecule has 0 N–H and O–H groups in total. The topological polar surface area (TPSA) is 52.6 Å². The van der Waals surface area contributed by atoms with Crippen LogP contribution in [0.25, 0.3) is 22.3 Å². The Morgan fingerprint density at radius 2 is 1.08 bits per heavy atom. The number of carbonyl (C=O) groups is 2. The van der Waals surface area contributed by atoms with Gasteiger partial charge in [0.15, 0.2) is 0 Å². The van der Waals surface area contributed by atoms with Crippen molar-refractivity contribution in [2.75, 3.05) is 14.2 Å². The van der Waals surface area contributed by atoms with Crippen molar-refractivity contribution in [3.05, 3.63) is 142 Å². The zero-order valence-corrected chi connectivity index (χ0v) is 21.4. The Balaban J connectivity index is 1.89. The summed E-state index contributed by atoms with van der Waals surface area (Å²) in [5.41, 5.74) is 7.93. The van der Waals surface area contributed by atoms with Crippen molar-refractivity contribution >= 4 is 34.2 Å². The van der Waals surface area contributed by atoms with Crippen molar-refractivity contribution in [3.63, 3.8) is 0 Å². The summed E-state index contributed by atoms with van der Waals surface area (Å²) in [4.78, 5) is 28.0. The number of esters is 2. The first-order chi connectivity index (χ1) is 18.5. The highest BCUT2D eigenvalue weighted by Crippen LogP contribution is 2.60. The Morgan fingerprint density at radius 1 is 0.553 bits per heavy atom. The van der Waals surface area contributed by atoms with Gasteiger partial charge in [-0.3, -0.25) is 9.59 Å². The fourth-order valence-corrected chi connectivity index (χ4v) is 5.99. The number of rotatable bonds is 4. The van der Waals surface area contributed by atoms with Crippen LogP contribution in [0.15, 0.2) is 103 Å². The molecule has 0 aliphatic heterocycles. The van der Waals surface area contributed by atoms with E-state index in [1.54, 1.807) is 0 Å². The highest BCUT2D eigenvalue weighted by Gasteiger charge is 2.59. The predicted octanol–water partition coefficient (Wildman–Crippen LogP) is 6.48. The SMILES string of the molecule is COC(=O)C1(C(=O)OC)C(c2ccc(C)cc2)=C2C(=C(c3ccccc3)c3ccccc32)c2ccccc21. The Bertz CT molecular complexity index is 1640. The van der Waals surface area contributed by atoms with Gasteiger partial charge in [0.05, 0.1) is 14.2 Å². The maximum absolute atomic E-state index is 14.0. The van der Waals surface area contributed by atoms with Crippen molar-refractivity contribution in [1.29, 1.82) is 0 Å². The van der Waals surface area contributed by atoms with Crippen molar-refractivity contribution in [1.82, 2.24) is 0 Å². The molecule has 0 amide bonds. The molecule has 0 unspecified atom stereocenters. The summed E-state index contributed by atoms with van der Waals surface area (Å²) in [5.74, 6) is -1.35. The molecule has 4 heteroatoms. The summed E-state index contributed by atoms with van der Waals surface area (Å²) in [6, 6.07) is 33.9. The maximum Gasteiger partial charge on any atom is 0.332 e. The van der Waals surface area contributed by atoms with Gasteiger partial charge in [-0.2, -0.15) is 0 Å². The maximum atomic E-state index is 14.0. The molecule has 0 heterocycles. The normalized spacial score (nSPS) is 14.9. The lowest BCUT2D eigenvalue weighted by molar-refractivity contribution is -0.158. The molecule has 4 nitrogen and oxygen atoms in total. The predicted molar refractivity (Wildman–Crippen MR) is 149 cm³/mol. The number of carbonyl (C=O) groups excluding carboxylic acids is 2. The molecular weight excluding hydrogens is 472 g/mol. The van der Waals surface area contributed by atoms with Crippen LogP contribution in [0.1, 0.15) is 38.9 Å². The third-order valence-electron chi connectivity index (χ3n) is 7.58. The van der Waals surface area contributed by atoms with E-state index in [1.165, 1.54) is 14.2 Å². The van der Waals surface area contributed by atoms with Crippen molar-refractivity contribution in [2.45, 2.75) is 12.3 Å². The van der Waals surface area contributed by atoms with E-state index in [0.717, 1.165) is 50.1 Å². The number of benzene rings is 4. The number of ether oxygens (including phenoxy) is 2. The average molecular weight is 499 g/mol. The van der Waals surface area contributed by atoms with Crippen LogP contribution in [0.2, 0.25) is 0 Å². The number of aryl methyl sites for hydroxylation is 1. The highest BCUT2D eigenvalue weighted by molar-refractivity contribution is 6.37. The average Bonchev–Trinajstić information content (AvgIpc) is 3.31. The lowest BCUT2D eigenvalue weighted by Crippen LogP contribution is -2.48. The molecule has 38 heavy (non-hydrogen) atoms. The molecule has 0 spiro atoms. The number of allylic oxidation sites excluding steroid dienone is 2. The Kier molecular flexibility index (Phi) is 5.61. The number of hydrogen-bond donors (Lipinski definition) is 0. The number of fused-ring (bicyclic) bond motifs is 5. The molecule has 0 saturated heterocycles. The van der Waals surface area contributed by atoms with Gasteiger partial charge in [-0.1, -0.05) is 109 Å². The summed E-state index contributed by atoms with van der Waals surface area (Å²) < 4.78 is 10.8. The van der Waals surface area contributed by atoms with Gasteiger partial charge in [-0.25, -0.2) is 0 Å². The van der Waals surface area contributed by atoms with E-state index in [1.807, 2.05) is 85.8 Å². The molecule has 186 valence electrons. The third-order valence-corrected chi connectivity index (χ3v) is 7.58. The van der Waals surface area contributed by atoms with Crippen LogP contribution in [0.5, 0.6) is 0 Å². The lowest BCUT2D eigenvalue weighted by Gasteiger charge is -2.38. The summed E-state index contributed by atoms with van der Waals surface area (Å²) in [5, 5.41) is 0. The van der Waals surface area contributed by atoms with Crippen LogP contribution in [0, 0.1) is 6.92 Å². The first-order valence-corrected chi connectivity index (χ1v) is 12.5. The van der Waals surface area contributed by atoms with Crippen molar-refractivity contribution in [3.8, 4) is 0 Å². The zero-order valence-electron chi connectivity index (χ0n) is 21.4. The van der Waals surface area contributed by atoms with Crippen LogP contribution in [0.3, 0.4) is 0 Å². The van der Waals surface area contributed by atoms with E-state index in [9.17, 15) is 9.59 Å². The van der Waals surface area contributed by atoms with Crippen LogP contribution in [-0.2, 0) is 24.5 Å². The smallest absolute Gasteiger partial charge is 0.332 e. The second-order valence-corrected chi connectivity index (χ2v) is 9.56. The molecule has 6 rings (SSSR count). The first kappa shape index (κ1) is 23.7. The van der Waals surface area contributed by atoms with Gasteiger partial charge < -0.3 is 9.47 Å². The van der Waals surface area contributed by atoms with Crippen molar-refractivity contribution < 1.29 is 19.1 Å². The Labute approximate surface area is 221 Å². The van der Waals surface area contributed by atoms with Crippen LogP contribution < -0.4 is 0 Å².